The Morgan fingerprint density at radius 1 is 1.12 bits per heavy atom. The van der Waals surface area contributed by atoms with Crippen LogP contribution in [0.4, 0.5) is 4.79 Å². The Morgan fingerprint density at radius 3 is 2.24 bits per heavy atom. The van der Waals surface area contributed by atoms with Crippen LogP contribution in [0.25, 0.3) is 0 Å². The van der Waals surface area contributed by atoms with E-state index in [-0.39, 0.29) is 6.42 Å². The van der Waals surface area contributed by atoms with E-state index in [2.05, 4.69) is 10.1 Å². The Balaban J connectivity index is 3.12. The summed E-state index contributed by atoms with van der Waals surface area (Å²) in [6, 6.07) is 3.91. The van der Waals surface area contributed by atoms with Crippen molar-refractivity contribution in [3.8, 4) is 11.5 Å². The fraction of sp³-hybridized carbons (Fsp3) is 0.438. The first-order valence-corrected chi connectivity index (χ1v) is 7.27. The minimum Gasteiger partial charge on any atom is -0.493 e. The van der Waals surface area contributed by atoms with E-state index in [0.717, 1.165) is 14.0 Å². The van der Waals surface area contributed by atoms with Crippen molar-refractivity contribution in [2.45, 2.75) is 25.5 Å². The molecule has 0 radical (unpaired) electrons. The molecule has 2 atom stereocenters. The first-order chi connectivity index (χ1) is 11.8. The topological polar surface area (TPSA) is 120 Å². The minimum atomic E-state index is -1.58. The predicted molar refractivity (Wildman–Crippen MR) is 85.8 cm³/mol. The zero-order valence-electron chi connectivity index (χ0n) is 14.4. The molecule has 0 aliphatic heterocycles. The lowest BCUT2D eigenvalue weighted by molar-refractivity contribution is -0.164. The normalized spacial score (nSPS) is 12.5. The Hall–Kier alpha value is -2.97. The van der Waals surface area contributed by atoms with E-state index in [9.17, 15) is 19.5 Å². The van der Waals surface area contributed by atoms with Crippen LogP contribution in [-0.4, -0.2) is 56.6 Å². The number of alkyl carbamates (subject to hydrolysis) is 1. The Morgan fingerprint density at radius 2 is 1.76 bits per heavy atom. The molecule has 9 nitrogen and oxygen atoms in total. The standard InChI is InChI=1S/C16H21NO8/c1-9(18)25-14(15(19)20)11(17-16(21)24-4)7-10-5-6-12(22-2)13(8-10)23-3/h5-6,8,11,14H,7H2,1-4H3,(H,17,21)(H,19,20). The van der Waals surface area contributed by atoms with Crippen molar-refractivity contribution in [3.05, 3.63) is 23.8 Å². The molecule has 0 aliphatic rings. The number of carboxylic acid groups (broad SMARTS) is 1. The molecule has 0 fully saturated rings. The molecule has 9 heteroatoms. The van der Waals surface area contributed by atoms with Crippen LogP contribution in [0.15, 0.2) is 18.2 Å². The third-order valence-corrected chi connectivity index (χ3v) is 3.29. The molecule has 0 aliphatic carbocycles. The number of methoxy groups -OCH3 is 3. The van der Waals surface area contributed by atoms with Gasteiger partial charge in [0, 0.05) is 6.92 Å². The van der Waals surface area contributed by atoms with Gasteiger partial charge in [-0.3, -0.25) is 4.79 Å². The van der Waals surface area contributed by atoms with Gasteiger partial charge in [0.2, 0.25) is 6.10 Å². The molecule has 0 aromatic heterocycles. The minimum absolute atomic E-state index is 0.0553. The van der Waals surface area contributed by atoms with Gasteiger partial charge in [0.15, 0.2) is 11.5 Å². The number of esters is 1. The fourth-order valence-electron chi connectivity index (χ4n) is 2.19. The van der Waals surface area contributed by atoms with Crippen LogP contribution < -0.4 is 14.8 Å². The molecule has 2 unspecified atom stereocenters. The van der Waals surface area contributed by atoms with E-state index in [4.69, 9.17) is 14.2 Å². The van der Waals surface area contributed by atoms with Crippen LogP contribution >= 0.6 is 0 Å². The second-order valence-electron chi connectivity index (χ2n) is 5.00. The molecule has 2 N–H and O–H groups in total. The monoisotopic (exact) mass is 355 g/mol. The van der Waals surface area contributed by atoms with E-state index in [1.165, 1.54) is 14.2 Å². The van der Waals surface area contributed by atoms with Gasteiger partial charge in [-0.25, -0.2) is 9.59 Å². The molecule has 1 aromatic carbocycles. The van der Waals surface area contributed by atoms with E-state index >= 15 is 0 Å². The zero-order chi connectivity index (χ0) is 19.0. The Bertz CT molecular complexity index is 631. The maximum atomic E-state index is 11.5. The third-order valence-electron chi connectivity index (χ3n) is 3.29. The quantitative estimate of drug-likeness (QED) is 0.662. The molecule has 25 heavy (non-hydrogen) atoms. The molecule has 0 saturated heterocycles. The summed E-state index contributed by atoms with van der Waals surface area (Å²) >= 11 is 0. The largest absolute Gasteiger partial charge is 0.493 e. The first kappa shape index (κ1) is 20.1. The van der Waals surface area contributed by atoms with Crippen molar-refractivity contribution in [3.63, 3.8) is 0 Å². The number of carboxylic acids is 1. The van der Waals surface area contributed by atoms with Gasteiger partial charge < -0.3 is 29.4 Å². The number of ether oxygens (including phenoxy) is 4. The van der Waals surface area contributed by atoms with E-state index in [1.54, 1.807) is 18.2 Å². The predicted octanol–water partition coefficient (Wildman–Crippen LogP) is 0.987. The lowest BCUT2D eigenvalue weighted by atomic mass is 10.0. The molecule has 0 saturated carbocycles. The summed E-state index contributed by atoms with van der Waals surface area (Å²) in [4.78, 5) is 34.2. The maximum absolute atomic E-state index is 11.5. The molecular weight excluding hydrogens is 334 g/mol. The first-order valence-electron chi connectivity index (χ1n) is 7.27. The van der Waals surface area contributed by atoms with E-state index in [1.807, 2.05) is 0 Å². The van der Waals surface area contributed by atoms with Crippen molar-refractivity contribution in [1.29, 1.82) is 0 Å². The fourth-order valence-corrected chi connectivity index (χ4v) is 2.19. The number of carbonyl (C=O) groups excluding carboxylic acids is 2. The molecule has 0 heterocycles. The zero-order valence-corrected chi connectivity index (χ0v) is 14.4. The highest BCUT2D eigenvalue weighted by atomic mass is 16.6. The number of hydrogen-bond donors (Lipinski definition) is 2. The van der Waals surface area contributed by atoms with Gasteiger partial charge in [-0.1, -0.05) is 6.07 Å². The summed E-state index contributed by atoms with van der Waals surface area (Å²) in [5.74, 6) is -1.23. The summed E-state index contributed by atoms with van der Waals surface area (Å²) in [6.45, 7) is 1.08. The van der Waals surface area contributed by atoms with Crippen LogP contribution in [0, 0.1) is 0 Å². The van der Waals surface area contributed by atoms with Gasteiger partial charge in [-0.2, -0.15) is 0 Å². The number of nitrogens with one attached hydrogen (secondary N) is 1. The van der Waals surface area contributed by atoms with E-state index < -0.39 is 30.2 Å². The Kier molecular flexibility index (Phi) is 7.51. The van der Waals surface area contributed by atoms with Crippen LogP contribution in [0.5, 0.6) is 11.5 Å². The molecule has 0 spiro atoms. The lowest BCUT2D eigenvalue weighted by Gasteiger charge is -2.24. The van der Waals surface area contributed by atoms with Crippen molar-refractivity contribution in [1.82, 2.24) is 5.32 Å². The summed E-state index contributed by atoms with van der Waals surface area (Å²) in [7, 11) is 4.09. The van der Waals surface area contributed by atoms with Crippen molar-refractivity contribution < 1.29 is 38.4 Å². The summed E-state index contributed by atoms with van der Waals surface area (Å²) in [5, 5.41) is 11.7. The van der Waals surface area contributed by atoms with Crippen molar-refractivity contribution in [2.24, 2.45) is 0 Å². The second-order valence-corrected chi connectivity index (χ2v) is 5.00. The third kappa shape index (κ3) is 5.87. The smallest absolute Gasteiger partial charge is 0.407 e. The highest BCUT2D eigenvalue weighted by molar-refractivity contribution is 5.79. The number of aliphatic carboxylic acids is 1. The molecule has 1 amide bonds. The van der Waals surface area contributed by atoms with Gasteiger partial charge >= 0.3 is 18.0 Å². The van der Waals surface area contributed by atoms with Gasteiger partial charge in [0.25, 0.3) is 0 Å². The van der Waals surface area contributed by atoms with Crippen LogP contribution in [-0.2, 0) is 25.5 Å². The van der Waals surface area contributed by atoms with Crippen LogP contribution in [0.2, 0.25) is 0 Å². The van der Waals surface area contributed by atoms with Gasteiger partial charge in [0.05, 0.1) is 27.4 Å². The van der Waals surface area contributed by atoms with Crippen molar-refractivity contribution >= 4 is 18.0 Å². The number of carbonyl (C=O) groups is 3. The Labute approximate surface area is 144 Å². The molecule has 0 bridgehead atoms. The number of rotatable bonds is 8. The molecule has 138 valence electrons. The highest BCUT2D eigenvalue weighted by Crippen LogP contribution is 2.28. The summed E-state index contributed by atoms with van der Waals surface area (Å²) < 4.78 is 19.7. The lowest BCUT2D eigenvalue weighted by Crippen LogP contribution is -2.50. The second kappa shape index (κ2) is 9.36. The summed E-state index contributed by atoms with van der Waals surface area (Å²) in [6.07, 6.45) is -2.37. The van der Waals surface area contributed by atoms with Gasteiger partial charge in [-0.15, -0.1) is 0 Å². The van der Waals surface area contributed by atoms with Gasteiger partial charge in [-0.05, 0) is 24.1 Å². The molecular formula is C16H21NO8. The number of benzene rings is 1. The molecule has 1 aromatic rings. The average molecular weight is 355 g/mol. The maximum Gasteiger partial charge on any atom is 0.407 e. The average Bonchev–Trinajstić information content (AvgIpc) is 2.58. The number of hydrogen-bond acceptors (Lipinski definition) is 7. The van der Waals surface area contributed by atoms with Gasteiger partial charge in [0.1, 0.15) is 0 Å². The van der Waals surface area contributed by atoms with Crippen molar-refractivity contribution in [2.75, 3.05) is 21.3 Å². The summed E-state index contributed by atoms with van der Waals surface area (Å²) in [5.41, 5.74) is 0.637. The van der Waals surface area contributed by atoms with Crippen LogP contribution in [0.1, 0.15) is 12.5 Å². The molecule has 1 rings (SSSR count). The number of amides is 1. The van der Waals surface area contributed by atoms with Crippen LogP contribution in [0.3, 0.4) is 0 Å². The SMILES string of the molecule is COC(=O)NC(Cc1ccc(OC)c(OC)c1)C(OC(C)=O)C(=O)O. The van der Waals surface area contributed by atoms with E-state index in [0.29, 0.717) is 17.1 Å². The highest BCUT2D eigenvalue weighted by Gasteiger charge is 2.33.